The number of aliphatic carboxylic acids is 1. The molecule has 0 aliphatic heterocycles. The first-order chi connectivity index (χ1) is 9.91. The van der Waals surface area contributed by atoms with Crippen LogP contribution in [0.3, 0.4) is 0 Å². The number of hydrogen-bond donors (Lipinski definition) is 1. The Bertz CT molecular complexity index is 555. The van der Waals surface area contributed by atoms with E-state index in [1.165, 1.54) is 24.3 Å². The van der Waals surface area contributed by atoms with Gasteiger partial charge in [-0.05, 0) is 24.3 Å². The van der Waals surface area contributed by atoms with E-state index in [2.05, 4.69) is 0 Å². The van der Waals surface area contributed by atoms with Crippen LogP contribution >= 0.6 is 0 Å². The quantitative estimate of drug-likeness (QED) is 0.677. The summed E-state index contributed by atoms with van der Waals surface area (Å²) < 4.78 is 35.6. The summed E-state index contributed by atoms with van der Waals surface area (Å²) in [6.07, 6.45) is 0. The molecule has 0 atom stereocenters. The summed E-state index contributed by atoms with van der Waals surface area (Å²) in [5.41, 5.74) is 0. The van der Waals surface area contributed by atoms with Gasteiger partial charge in [0.15, 0.2) is 0 Å². The Kier molecular flexibility index (Phi) is 6.60. The van der Waals surface area contributed by atoms with Crippen molar-refractivity contribution in [2.75, 3.05) is 33.4 Å². The Labute approximate surface area is 124 Å². The van der Waals surface area contributed by atoms with E-state index >= 15 is 0 Å². The topological polar surface area (TPSA) is 93.1 Å². The Morgan fingerprint density at radius 2 is 1.86 bits per heavy atom. The van der Waals surface area contributed by atoms with Crippen LogP contribution in [0.1, 0.15) is 6.92 Å². The van der Waals surface area contributed by atoms with Crippen LogP contribution < -0.4 is 4.74 Å². The van der Waals surface area contributed by atoms with Crippen molar-refractivity contribution < 1.29 is 27.8 Å². The molecule has 0 fully saturated rings. The second-order valence-corrected chi connectivity index (χ2v) is 6.08. The van der Waals surface area contributed by atoms with Crippen molar-refractivity contribution in [2.45, 2.75) is 11.8 Å². The lowest BCUT2D eigenvalue weighted by atomic mass is 10.3. The van der Waals surface area contributed by atoms with Gasteiger partial charge in [0.05, 0.1) is 11.5 Å². The third kappa shape index (κ3) is 5.00. The van der Waals surface area contributed by atoms with Gasteiger partial charge < -0.3 is 14.6 Å². The molecule has 1 rings (SSSR count). The highest BCUT2D eigenvalue weighted by molar-refractivity contribution is 7.89. The molecule has 0 bridgehead atoms. The maximum Gasteiger partial charge on any atom is 0.318 e. The van der Waals surface area contributed by atoms with Crippen LogP contribution in [0, 0.1) is 0 Å². The molecule has 0 spiro atoms. The molecule has 1 aromatic rings. The van der Waals surface area contributed by atoms with E-state index in [4.69, 9.17) is 14.6 Å². The molecule has 21 heavy (non-hydrogen) atoms. The van der Waals surface area contributed by atoms with Crippen molar-refractivity contribution in [3.8, 4) is 5.75 Å². The molecular weight excluding hydrogens is 298 g/mol. The Balaban J connectivity index is 2.85. The van der Waals surface area contributed by atoms with Gasteiger partial charge in [-0.3, -0.25) is 4.79 Å². The van der Waals surface area contributed by atoms with E-state index in [0.29, 0.717) is 19.0 Å². The monoisotopic (exact) mass is 317 g/mol. The number of carbonyl (C=O) groups is 1. The normalized spacial score (nSPS) is 11.6. The Morgan fingerprint density at radius 1 is 1.24 bits per heavy atom. The second kappa shape index (κ2) is 7.96. The van der Waals surface area contributed by atoms with Crippen molar-refractivity contribution >= 4 is 16.0 Å². The van der Waals surface area contributed by atoms with Gasteiger partial charge in [0.2, 0.25) is 10.0 Å². The first-order valence-corrected chi connectivity index (χ1v) is 7.79. The van der Waals surface area contributed by atoms with Crippen molar-refractivity contribution in [1.29, 1.82) is 0 Å². The molecule has 0 saturated heterocycles. The molecule has 0 aliphatic rings. The zero-order valence-electron chi connectivity index (χ0n) is 12.0. The molecule has 8 heteroatoms. The average molecular weight is 317 g/mol. The summed E-state index contributed by atoms with van der Waals surface area (Å²) in [5.74, 6) is -0.674. The fourth-order valence-corrected chi connectivity index (χ4v) is 3.02. The number of carboxylic acids is 1. The number of sulfonamides is 1. The van der Waals surface area contributed by atoms with E-state index in [0.717, 1.165) is 4.31 Å². The molecule has 0 unspecified atom stereocenters. The minimum atomic E-state index is -3.82. The highest BCUT2D eigenvalue weighted by Gasteiger charge is 2.24. The Morgan fingerprint density at radius 3 is 2.33 bits per heavy atom. The van der Waals surface area contributed by atoms with E-state index in [-0.39, 0.29) is 11.4 Å². The predicted molar refractivity (Wildman–Crippen MR) is 75.9 cm³/mol. The zero-order chi connectivity index (χ0) is 15.9. The van der Waals surface area contributed by atoms with Gasteiger partial charge in [0.25, 0.3) is 0 Å². The summed E-state index contributed by atoms with van der Waals surface area (Å²) in [6.45, 7) is 1.90. The fourth-order valence-electron chi connectivity index (χ4n) is 1.62. The van der Waals surface area contributed by atoms with Crippen LogP contribution in [0.4, 0.5) is 0 Å². The highest BCUT2D eigenvalue weighted by Crippen LogP contribution is 2.19. The summed E-state index contributed by atoms with van der Waals surface area (Å²) in [7, 11) is -2.26. The summed E-state index contributed by atoms with van der Waals surface area (Å²) >= 11 is 0. The smallest absolute Gasteiger partial charge is 0.318 e. The van der Waals surface area contributed by atoms with Gasteiger partial charge in [-0.2, -0.15) is 4.31 Å². The molecule has 7 nitrogen and oxygen atoms in total. The molecule has 0 amide bonds. The van der Waals surface area contributed by atoms with Crippen LogP contribution in [0.15, 0.2) is 29.2 Å². The number of methoxy groups -OCH3 is 1. The first-order valence-electron chi connectivity index (χ1n) is 6.35. The van der Waals surface area contributed by atoms with Gasteiger partial charge in [0, 0.05) is 13.7 Å². The van der Waals surface area contributed by atoms with E-state index in [9.17, 15) is 13.2 Å². The molecule has 0 radical (unpaired) electrons. The third-order valence-electron chi connectivity index (χ3n) is 2.68. The van der Waals surface area contributed by atoms with Gasteiger partial charge in [0.1, 0.15) is 18.9 Å². The fraction of sp³-hybridized carbons (Fsp3) is 0.462. The average Bonchev–Trinajstić information content (AvgIpc) is 2.45. The number of rotatable bonds is 9. The van der Waals surface area contributed by atoms with Crippen LogP contribution in [-0.4, -0.2) is 57.2 Å². The zero-order valence-corrected chi connectivity index (χ0v) is 12.8. The molecular formula is C13H19NO6S. The van der Waals surface area contributed by atoms with Gasteiger partial charge >= 0.3 is 5.97 Å². The minimum Gasteiger partial charge on any atom is -0.491 e. The van der Waals surface area contributed by atoms with Gasteiger partial charge in [-0.15, -0.1) is 0 Å². The highest BCUT2D eigenvalue weighted by atomic mass is 32.2. The van der Waals surface area contributed by atoms with Gasteiger partial charge in [-0.25, -0.2) is 8.42 Å². The largest absolute Gasteiger partial charge is 0.491 e. The third-order valence-corrected chi connectivity index (χ3v) is 4.62. The maximum atomic E-state index is 12.3. The lowest BCUT2D eigenvalue weighted by Gasteiger charge is -2.18. The number of hydrogen-bond acceptors (Lipinski definition) is 5. The summed E-state index contributed by atoms with van der Waals surface area (Å²) in [5, 5.41) is 8.75. The number of likely N-dealkylation sites (N-methyl/N-ethyl adjacent to an activating group) is 1. The van der Waals surface area contributed by atoms with Crippen LogP contribution in [0.5, 0.6) is 5.75 Å². The predicted octanol–water partition coefficient (Wildman–Crippen LogP) is 0.807. The van der Waals surface area contributed by atoms with Crippen LogP contribution in [-0.2, 0) is 19.6 Å². The van der Waals surface area contributed by atoms with E-state index in [1.54, 1.807) is 14.0 Å². The number of benzene rings is 1. The molecule has 0 aliphatic carbocycles. The van der Waals surface area contributed by atoms with Crippen molar-refractivity contribution in [3.05, 3.63) is 24.3 Å². The van der Waals surface area contributed by atoms with Crippen molar-refractivity contribution in [1.82, 2.24) is 4.31 Å². The molecule has 118 valence electrons. The standard InChI is InChI=1S/C13H19NO6S/c1-3-14(10-13(15)16)21(17,18)12-6-4-11(5-7-12)20-9-8-19-2/h4-7H,3,8-10H2,1-2H3,(H,15,16). The summed E-state index contributed by atoms with van der Waals surface area (Å²) in [4.78, 5) is 10.7. The Hall–Kier alpha value is -1.64. The molecule has 0 heterocycles. The van der Waals surface area contributed by atoms with Crippen molar-refractivity contribution in [3.63, 3.8) is 0 Å². The molecule has 0 saturated carbocycles. The molecule has 1 aromatic carbocycles. The van der Waals surface area contributed by atoms with E-state index < -0.39 is 22.5 Å². The lowest BCUT2D eigenvalue weighted by molar-refractivity contribution is -0.137. The van der Waals surface area contributed by atoms with Crippen molar-refractivity contribution in [2.24, 2.45) is 0 Å². The minimum absolute atomic E-state index is 0.0321. The summed E-state index contributed by atoms with van der Waals surface area (Å²) in [6, 6.07) is 5.83. The SMILES string of the molecule is CCN(CC(=O)O)S(=O)(=O)c1ccc(OCCOC)cc1. The number of ether oxygens (including phenoxy) is 2. The maximum absolute atomic E-state index is 12.3. The number of carboxylic acid groups (broad SMARTS) is 1. The van der Waals surface area contributed by atoms with Crippen LogP contribution in [0.2, 0.25) is 0 Å². The first kappa shape index (κ1) is 17.4. The number of nitrogens with zero attached hydrogens (tertiary/aromatic N) is 1. The molecule has 1 N–H and O–H groups in total. The lowest BCUT2D eigenvalue weighted by Crippen LogP contribution is -2.35. The van der Waals surface area contributed by atoms with Crippen LogP contribution in [0.25, 0.3) is 0 Å². The van der Waals surface area contributed by atoms with Gasteiger partial charge in [-0.1, -0.05) is 6.92 Å². The molecule has 0 aromatic heterocycles. The van der Waals surface area contributed by atoms with E-state index in [1.807, 2.05) is 0 Å². The second-order valence-electron chi connectivity index (χ2n) is 4.14.